The van der Waals surface area contributed by atoms with Crippen molar-refractivity contribution in [2.75, 3.05) is 20.8 Å². The topological polar surface area (TPSA) is 73.9 Å². The van der Waals surface area contributed by atoms with E-state index in [4.69, 9.17) is 25.8 Å². The molecule has 34 heavy (non-hydrogen) atoms. The molecule has 178 valence electrons. The highest BCUT2D eigenvalue weighted by molar-refractivity contribution is 6.30. The Morgan fingerprint density at radius 2 is 1.82 bits per heavy atom. The highest BCUT2D eigenvalue weighted by atomic mass is 35.5. The molecule has 0 saturated carbocycles. The molecule has 1 aliphatic carbocycles. The van der Waals surface area contributed by atoms with Gasteiger partial charge in [0.25, 0.3) is 0 Å². The van der Waals surface area contributed by atoms with Gasteiger partial charge in [0.1, 0.15) is 11.5 Å². The van der Waals surface area contributed by atoms with Crippen LogP contribution in [-0.4, -0.2) is 32.6 Å². The Hall–Kier alpha value is -3.25. The predicted molar refractivity (Wildman–Crippen MR) is 130 cm³/mol. The first kappa shape index (κ1) is 23.9. The van der Waals surface area contributed by atoms with E-state index in [1.54, 1.807) is 33.3 Å². The van der Waals surface area contributed by atoms with Crippen LogP contribution in [-0.2, 0) is 14.3 Å². The molecule has 0 fully saturated rings. The molecule has 2 aliphatic rings. The molecule has 0 aromatic heterocycles. The maximum atomic E-state index is 13.7. The van der Waals surface area contributed by atoms with Crippen molar-refractivity contribution in [1.82, 2.24) is 5.32 Å². The Labute approximate surface area is 204 Å². The van der Waals surface area contributed by atoms with Gasteiger partial charge in [0.15, 0.2) is 5.78 Å². The number of nitrogens with one attached hydrogen (secondary N) is 1. The first-order valence-corrected chi connectivity index (χ1v) is 11.6. The van der Waals surface area contributed by atoms with Crippen molar-refractivity contribution in [2.45, 2.75) is 38.5 Å². The zero-order chi connectivity index (χ0) is 24.4. The molecule has 2 aromatic carbocycles. The average Bonchev–Trinajstić information content (AvgIpc) is 2.83. The average molecular weight is 482 g/mol. The third kappa shape index (κ3) is 4.42. The van der Waals surface area contributed by atoms with Crippen molar-refractivity contribution in [3.8, 4) is 11.5 Å². The smallest absolute Gasteiger partial charge is 0.336 e. The molecule has 1 aliphatic heterocycles. The zero-order valence-electron chi connectivity index (χ0n) is 19.7. The predicted octanol–water partition coefficient (Wildman–Crippen LogP) is 5.28. The number of Topliss-reactive ketones (excluding diaryl/α,β-unsaturated/α-hetero) is 1. The van der Waals surface area contributed by atoms with Crippen LogP contribution in [0.1, 0.15) is 49.7 Å². The van der Waals surface area contributed by atoms with Gasteiger partial charge in [-0.3, -0.25) is 4.79 Å². The van der Waals surface area contributed by atoms with Crippen molar-refractivity contribution in [1.29, 1.82) is 0 Å². The van der Waals surface area contributed by atoms with E-state index in [9.17, 15) is 9.59 Å². The number of hydrogen-bond acceptors (Lipinski definition) is 6. The number of carbonyl (C=O) groups excluding carboxylic acids is 2. The van der Waals surface area contributed by atoms with Gasteiger partial charge >= 0.3 is 5.97 Å². The van der Waals surface area contributed by atoms with Crippen molar-refractivity contribution >= 4 is 23.4 Å². The number of esters is 1. The molecular weight excluding hydrogens is 454 g/mol. The van der Waals surface area contributed by atoms with Crippen LogP contribution in [0.4, 0.5) is 0 Å². The normalized spacial score (nSPS) is 20.0. The van der Waals surface area contributed by atoms with Crippen molar-refractivity contribution in [3.63, 3.8) is 0 Å². The molecule has 1 heterocycles. The summed E-state index contributed by atoms with van der Waals surface area (Å²) in [6.45, 7) is 3.83. The molecule has 0 unspecified atom stereocenters. The monoisotopic (exact) mass is 481 g/mol. The summed E-state index contributed by atoms with van der Waals surface area (Å²) < 4.78 is 16.5. The summed E-state index contributed by atoms with van der Waals surface area (Å²) in [5.74, 6) is 0.0978. The summed E-state index contributed by atoms with van der Waals surface area (Å²) in [5, 5.41) is 4.01. The Morgan fingerprint density at radius 1 is 1.09 bits per heavy atom. The SMILES string of the molecule is CCOC(=O)C1=C(C)NC2=C(C(=O)C[C@@H](c3ccc(Cl)cc3)C2)[C@@H]1c1cc(OC)ccc1OC. The summed E-state index contributed by atoms with van der Waals surface area (Å²) in [6, 6.07) is 13.0. The summed E-state index contributed by atoms with van der Waals surface area (Å²) in [6.07, 6.45) is 0.971. The Bertz CT molecular complexity index is 1180. The maximum Gasteiger partial charge on any atom is 0.336 e. The van der Waals surface area contributed by atoms with E-state index in [2.05, 4.69) is 5.32 Å². The van der Waals surface area contributed by atoms with Crippen LogP contribution in [0.3, 0.4) is 0 Å². The summed E-state index contributed by atoms with van der Waals surface area (Å²) in [5.41, 5.74) is 4.21. The van der Waals surface area contributed by atoms with Gasteiger partial charge in [-0.25, -0.2) is 4.79 Å². The molecule has 1 N–H and O–H groups in total. The number of rotatable bonds is 6. The highest BCUT2D eigenvalue weighted by Gasteiger charge is 2.42. The van der Waals surface area contributed by atoms with Crippen molar-refractivity contribution in [3.05, 3.63) is 81.2 Å². The molecule has 0 saturated heterocycles. The molecule has 0 radical (unpaired) electrons. The Kier molecular flexibility index (Phi) is 6.98. The standard InChI is InChI=1S/C27H28ClNO5/c1-5-34-27(31)24-15(2)29-21-12-17(16-6-8-18(28)9-7-16)13-22(30)26(21)25(24)20-14-19(32-3)10-11-23(20)33-4/h6-11,14,17,25,29H,5,12-13H2,1-4H3/t17-,25+/m0/s1. The van der Waals surface area contributed by atoms with Gasteiger partial charge in [-0.15, -0.1) is 0 Å². The fourth-order valence-electron chi connectivity index (χ4n) is 4.87. The molecular formula is C27H28ClNO5. The lowest BCUT2D eigenvalue weighted by atomic mass is 9.71. The molecule has 2 aromatic rings. The van der Waals surface area contributed by atoms with Crippen LogP contribution in [0.15, 0.2) is 65.0 Å². The first-order chi connectivity index (χ1) is 16.4. The lowest BCUT2D eigenvalue weighted by Crippen LogP contribution is -2.36. The minimum absolute atomic E-state index is 0.0146. The summed E-state index contributed by atoms with van der Waals surface area (Å²) >= 11 is 6.06. The quantitative estimate of drug-likeness (QED) is 0.566. The second-order valence-electron chi connectivity index (χ2n) is 8.40. The van der Waals surface area contributed by atoms with E-state index in [0.717, 1.165) is 11.3 Å². The van der Waals surface area contributed by atoms with Crippen LogP contribution < -0.4 is 14.8 Å². The van der Waals surface area contributed by atoms with Crippen LogP contribution in [0.2, 0.25) is 5.02 Å². The van der Waals surface area contributed by atoms with E-state index in [1.165, 1.54) is 0 Å². The molecule has 2 atom stereocenters. The summed E-state index contributed by atoms with van der Waals surface area (Å²) in [4.78, 5) is 26.8. The number of methoxy groups -OCH3 is 2. The Balaban J connectivity index is 1.86. The molecule has 7 heteroatoms. The van der Waals surface area contributed by atoms with E-state index in [-0.39, 0.29) is 18.3 Å². The van der Waals surface area contributed by atoms with Crippen LogP contribution in [0, 0.1) is 0 Å². The highest BCUT2D eigenvalue weighted by Crippen LogP contribution is 2.48. The van der Waals surface area contributed by atoms with Crippen LogP contribution >= 0.6 is 11.6 Å². The number of ether oxygens (including phenoxy) is 3. The molecule has 0 bridgehead atoms. The lowest BCUT2D eigenvalue weighted by Gasteiger charge is -2.37. The third-order valence-corrected chi connectivity index (χ3v) is 6.66. The largest absolute Gasteiger partial charge is 0.497 e. The fourth-order valence-corrected chi connectivity index (χ4v) is 4.99. The minimum Gasteiger partial charge on any atom is -0.497 e. The maximum absolute atomic E-state index is 13.7. The van der Waals surface area contributed by atoms with Gasteiger partial charge in [0.05, 0.1) is 32.3 Å². The first-order valence-electron chi connectivity index (χ1n) is 11.3. The number of hydrogen-bond donors (Lipinski definition) is 1. The van der Waals surface area contributed by atoms with Gasteiger partial charge in [0, 0.05) is 34.0 Å². The van der Waals surface area contributed by atoms with Crippen LogP contribution in [0.25, 0.3) is 0 Å². The number of carbonyl (C=O) groups is 2. The third-order valence-electron chi connectivity index (χ3n) is 6.41. The van der Waals surface area contributed by atoms with Crippen molar-refractivity contribution in [2.24, 2.45) is 0 Å². The molecule has 6 nitrogen and oxygen atoms in total. The molecule has 0 spiro atoms. The number of benzene rings is 2. The minimum atomic E-state index is -0.626. The van der Waals surface area contributed by atoms with Crippen LogP contribution in [0.5, 0.6) is 11.5 Å². The van der Waals surface area contributed by atoms with Crippen molar-refractivity contribution < 1.29 is 23.8 Å². The van der Waals surface area contributed by atoms with E-state index >= 15 is 0 Å². The van der Waals surface area contributed by atoms with Gasteiger partial charge < -0.3 is 19.5 Å². The molecule has 0 amide bonds. The number of allylic oxidation sites excluding steroid dienone is 3. The fraction of sp³-hybridized carbons (Fsp3) is 0.333. The van der Waals surface area contributed by atoms with Gasteiger partial charge in [-0.1, -0.05) is 23.7 Å². The van der Waals surface area contributed by atoms with E-state index in [1.807, 2.05) is 37.3 Å². The van der Waals surface area contributed by atoms with Gasteiger partial charge in [-0.05, 0) is 62.1 Å². The van der Waals surface area contributed by atoms with Gasteiger partial charge in [-0.2, -0.15) is 0 Å². The number of halogens is 1. The second kappa shape index (κ2) is 9.94. The zero-order valence-corrected chi connectivity index (χ0v) is 20.5. The summed E-state index contributed by atoms with van der Waals surface area (Å²) in [7, 11) is 3.15. The van der Waals surface area contributed by atoms with E-state index in [0.29, 0.717) is 51.8 Å². The molecule has 4 rings (SSSR count). The second-order valence-corrected chi connectivity index (χ2v) is 8.83. The number of ketones is 1. The van der Waals surface area contributed by atoms with Gasteiger partial charge in [0.2, 0.25) is 0 Å². The van der Waals surface area contributed by atoms with E-state index < -0.39 is 11.9 Å². The number of dihydropyridines is 1. The Morgan fingerprint density at radius 3 is 2.47 bits per heavy atom. The lowest BCUT2D eigenvalue weighted by molar-refractivity contribution is -0.138.